The second-order valence-electron chi connectivity index (χ2n) is 3.90. The first-order chi connectivity index (χ1) is 7.70. The van der Waals surface area contributed by atoms with E-state index in [0.29, 0.717) is 0 Å². The molecule has 4 heteroatoms. The molecule has 1 aromatic carbocycles. The molecule has 0 spiro atoms. The summed E-state index contributed by atoms with van der Waals surface area (Å²) in [5.74, 6) is 1.69. The average Bonchev–Trinajstić information content (AvgIpc) is 2.77. The Morgan fingerprint density at radius 2 is 1.88 bits per heavy atom. The number of hydrogen-bond donors (Lipinski definition) is 1. The summed E-state index contributed by atoms with van der Waals surface area (Å²) in [4.78, 5) is 6.46. The molecule has 0 aliphatic carbocycles. The van der Waals surface area contributed by atoms with Crippen molar-refractivity contribution in [1.82, 2.24) is 15.2 Å². The normalized spacial score (nSPS) is 10.4. The molecule has 0 fully saturated rings. The lowest BCUT2D eigenvalue weighted by Gasteiger charge is -2.11. The summed E-state index contributed by atoms with van der Waals surface area (Å²) in [6, 6.07) is 8.21. The SMILES string of the molecule is CCc1nc(-c2ccc(N(C)C)cc2)n[nH]1. The fraction of sp³-hybridized carbons (Fsp3) is 0.333. The first-order valence-electron chi connectivity index (χ1n) is 5.39. The highest BCUT2D eigenvalue weighted by Gasteiger charge is 2.04. The molecule has 0 atom stereocenters. The highest BCUT2D eigenvalue weighted by Crippen LogP contribution is 2.19. The molecule has 16 heavy (non-hydrogen) atoms. The number of H-pyrrole nitrogens is 1. The summed E-state index contributed by atoms with van der Waals surface area (Å²) in [5, 5.41) is 7.10. The van der Waals surface area contributed by atoms with Gasteiger partial charge in [-0.3, -0.25) is 5.10 Å². The molecule has 0 saturated heterocycles. The molecule has 0 aliphatic rings. The van der Waals surface area contributed by atoms with Crippen molar-refractivity contribution in [3.05, 3.63) is 30.1 Å². The Morgan fingerprint density at radius 3 is 2.38 bits per heavy atom. The van der Waals surface area contributed by atoms with Crippen LogP contribution in [0.2, 0.25) is 0 Å². The first-order valence-corrected chi connectivity index (χ1v) is 5.39. The fourth-order valence-corrected chi connectivity index (χ4v) is 1.49. The molecule has 0 saturated carbocycles. The van der Waals surface area contributed by atoms with Crippen LogP contribution in [-0.2, 0) is 6.42 Å². The lowest BCUT2D eigenvalue weighted by atomic mass is 10.2. The number of aryl methyl sites for hydroxylation is 1. The largest absolute Gasteiger partial charge is 0.378 e. The third kappa shape index (κ3) is 2.05. The van der Waals surface area contributed by atoms with E-state index < -0.39 is 0 Å². The van der Waals surface area contributed by atoms with E-state index in [-0.39, 0.29) is 0 Å². The average molecular weight is 216 g/mol. The number of nitrogens with zero attached hydrogens (tertiary/aromatic N) is 3. The number of aromatic nitrogens is 3. The third-order valence-electron chi connectivity index (χ3n) is 2.51. The molecule has 4 nitrogen and oxygen atoms in total. The van der Waals surface area contributed by atoms with Crippen LogP contribution in [-0.4, -0.2) is 29.3 Å². The zero-order valence-corrected chi connectivity index (χ0v) is 9.86. The van der Waals surface area contributed by atoms with Gasteiger partial charge in [-0.15, -0.1) is 0 Å². The summed E-state index contributed by atoms with van der Waals surface area (Å²) in [5.41, 5.74) is 2.22. The van der Waals surface area contributed by atoms with E-state index in [9.17, 15) is 0 Å². The maximum Gasteiger partial charge on any atom is 0.181 e. The predicted molar refractivity (Wildman–Crippen MR) is 65.5 cm³/mol. The summed E-state index contributed by atoms with van der Waals surface area (Å²) in [6.45, 7) is 2.05. The van der Waals surface area contributed by atoms with E-state index in [2.05, 4.69) is 39.1 Å². The molecule has 0 unspecified atom stereocenters. The zero-order chi connectivity index (χ0) is 11.5. The molecule has 0 bridgehead atoms. The van der Waals surface area contributed by atoms with E-state index in [4.69, 9.17) is 0 Å². The molecule has 0 amide bonds. The van der Waals surface area contributed by atoms with Crippen molar-refractivity contribution in [3.63, 3.8) is 0 Å². The highest BCUT2D eigenvalue weighted by atomic mass is 15.2. The molecule has 84 valence electrons. The molecule has 0 radical (unpaired) electrons. The van der Waals surface area contributed by atoms with E-state index >= 15 is 0 Å². The maximum atomic E-state index is 4.39. The van der Waals surface area contributed by atoms with Gasteiger partial charge in [-0.25, -0.2) is 4.98 Å². The van der Waals surface area contributed by atoms with Gasteiger partial charge in [-0.1, -0.05) is 6.92 Å². The molecular weight excluding hydrogens is 200 g/mol. The Bertz CT molecular complexity index is 456. The zero-order valence-electron chi connectivity index (χ0n) is 9.86. The Labute approximate surface area is 95.3 Å². The summed E-state index contributed by atoms with van der Waals surface area (Å²) >= 11 is 0. The number of nitrogens with one attached hydrogen (secondary N) is 1. The number of hydrogen-bond acceptors (Lipinski definition) is 3. The minimum absolute atomic E-state index is 0.766. The second-order valence-corrected chi connectivity index (χ2v) is 3.90. The lowest BCUT2D eigenvalue weighted by molar-refractivity contribution is 0.946. The number of benzene rings is 1. The van der Waals surface area contributed by atoms with Crippen LogP contribution in [0.25, 0.3) is 11.4 Å². The Kier molecular flexibility index (Phi) is 2.90. The van der Waals surface area contributed by atoms with Crippen LogP contribution in [0.4, 0.5) is 5.69 Å². The molecule has 2 rings (SSSR count). The summed E-state index contributed by atoms with van der Waals surface area (Å²) < 4.78 is 0. The Hall–Kier alpha value is -1.84. The van der Waals surface area contributed by atoms with Crippen molar-refractivity contribution in [3.8, 4) is 11.4 Å². The van der Waals surface area contributed by atoms with Crippen LogP contribution in [0, 0.1) is 0 Å². The van der Waals surface area contributed by atoms with E-state index in [1.165, 1.54) is 5.69 Å². The van der Waals surface area contributed by atoms with Gasteiger partial charge < -0.3 is 4.90 Å². The third-order valence-corrected chi connectivity index (χ3v) is 2.51. The monoisotopic (exact) mass is 216 g/mol. The number of rotatable bonds is 3. The highest BCUT2D eigenvalue weighted by molar-refractivity contribution is 5.59. The van der Waals surface area contributed by atoms with Gasteiger partial charge >= 0.3 is 0 Å². The lowest BCUT2D eigenvalue weighted by Crippen LogP contribution is -2.07. The van der Waals surface area contributed by atoms with Crippen LogP contribution < -0.4 is 4.90 Å². The van der Waals surface area contributed by atoms with Gasteiger partial charge in [0.1, 0.15) is 5.82 Å². The summed E-state index contributed by atoms with van der Waals surface area (Å²) in [7, 11) is 4.05. The van der Waals surface area contributed by atoms with E-state index in [1.54, 1.807) is 0 Å². The quantitative estimate of drug-likeness (QED) is 0.854. The summed E-state index contributed by atoms with van der Waals surface area (Å²) in [6.07, 6.45) is 0.878. The number of anilines is 1. The standard InChI is InChI=1S/C12H16N4/c1-4-11-13-12(15-14-11)9-5-7-10(8-6-9)16(2)3/h5-8H,4H2,1-3H3,(H,13,14,15). The Balaban J connectivity index is 2.27. The van der Waals surface area contributed by atoms with Crippen molar-refractivity contribution >= 4 is 5.69 Å². The first kappa shape index (κ1) is 10.7. The minimum Gasteiger partial charge on any atom is -0.378 e. The van der Waals surface area contributed by atoms with Crippen LogP contribution in [0.5, 0.6) is 0 Å². The molecule has 1 heterocycles. The van der Waals surface area contributed by atoms with Gasteiger partial charge in [0, 0.05) is 31.8 Å². The van der Waals surface area contributed by atoms with Crippen molar-refractivity contribution in [2.24, 2.45) is 0 Å². The van der Waals surface area contributed by atoms with E-state index in [0.717, 1.165) is 23.6 Å². The van der Waals surface area contributed by atoms with Gasteiger partial charge in [0.15, 0.2) is 5.82 Å². The van der Waals surface area contributed by atoms with Gasteiger partial charge in [-0.2, -0.15) is 5.10 Å². The molecule has 1 N–H and O–H groups in total. The topological polar surface area (TPSA) is 44.8 Å². The van der Waals surface area contributed by atoms with Crippen molar-refractivity contribution in [2.45, 2.75) is 13.3 Å². The van der Waals surface area contributed by atoms with E-state index in [1.807, 2.05) is 26.2 Å². The van der Waals surface area contributed by atoms with Crippen molar-refractivity contribution in [2.75, 3.05) is 19.0 Å². The van der Waals surface area contributed by atoms with Crippen LogP contribution >= 0.6 is 0 Å². The maximum absolute atomic E-state index is 4.39. The smallest absolute Gasteiger partial charge is 0.181 e. The minimum atomic E-state index is 0.766. The van der Waals surface area contributed by atoms with Crippen LogP contribution in [0.3, 0.4) is 0 Å². The van der Waals surface area contributed by atoms with Gasteiger partial charge in [0.2, 0.25) is 0 Å². The van der Waals surface area contributed by atoms with Crippen LogP contribution in [0.15, 0.2) is 24.3 Å². The molecule has 1 aromatic heterocycles. The van der Waals surface area contributed by atoms with Gasteiger partial charge in [0.05, 0.1) is 0 Å². The predicted octanol–water partition coefficient (Wildman–Crippen LogP) is 2.10. The molecular formula is C12H16N4. The van der Waals surface area contributed by atoms with Crippen molar-refractivity contribution in [1.29, 1.82) is 0 Å². The Morgan fingerprint density at radius 1 is 1.19 bits per heavy atom. The van der Waals surface area contributed by atoms with Crippen molar-refractivity contribution < 1.29 is 0 Å². The second kappa shape index (κ2) is 4.35. The number of aromatic amines is 1. The van der Waals surface area contributed by atoms with Crippen LogP contribution in [0.1, 0.15) is 12.7 Å². The fourth-order valence-electron chi connectivity index (χ4n) is 1.49. The molecule has 0 aliphatic heterocycles. The molecule has 2 aromatic rings. The van der Waals surface area contributed by atoms with Gasteiger partial charge in [0.25, 0.3) is 0 Å². The van der Waals surface area contributed by atoms with Gasteiger partial charge in [-0.05, 0) is 24.3 Å².